The van der Waals surface area contributed by atoms with E-state index in [0.29, 0.717) is 11.8 Å². The summed E-state index contributed by atoms with van der Waals surface area (Å²) in [6.07, 6.45) is 0. The highest BCUT2D eigenvalue weighted by Crippen LogP contribution is 2.24. The Bertz CT molecular complexity index is 437. The first-order valence-corrected chi connectivity index (χ1v) is 7.94. The van der Waals surface area contributed by atoms with E-state index in [-0.39, 0.29) is 0 Å². The Hall–Kier alpha value is -1.01. The number of hydrogen-bond donors (Lipinski definition) is 0. The van der Waals surface area contributed by atoms with Gasteiger partial charge in [-0.05, 0) is 29.5 Å². The fourth-order valence-electron chi connectivity index (χ4n) is 2.18. The molecule has 1 aromatic rings. The van der Waals surface area contributed by atoms with Gasteiger partial charge in [0.25, 0.3) is 0 Å². The zero-order valence-electron chi connectivity index (χ0n) is 12.3. The molecule has 0 spiro atoms. The van der Waals surface area contributed by atoms with Crippen LogP contribution in [0.5, 0.6) is 0 Å². The van der Waals surface area contributed by atoms with Gasteiger partial charge in [0.15, 0.2) is 0 Å². The number of rotatable bonds is 6. The van der Waals surface area contributed by atoms with E-state index in [0.717, 1.165) is 35.2 Å². The number of anilines is 1. The third kappa shape index (κ3) is 4.87. The Morgan fingerprint density at radius 3 is 2.16 bits per heavy atom. The minimum Gasteiger partial charge on any atom is -0.370 e. The summed E-state index contributed by atoms with van der Waals surface area (Å²) >= 11 is 3.44. The van der Waals surface area contributed by atoms with Crippen molar-refractivity contribution in [1.29, 1.82) is 5.26 Å². The molecule has 0 atom stereocenters. The van der Waals surface area contributed by atoms with E-state index in [4.69, 9.17) is 0 Å². The largest absolute Gasteiger partial charge is 0.370 e. The Kier molecular flexibility index (Phi) is 6.37. The topological polar surface area (TPSA) is 27.0 Å². The minimum absolute atomic E-state index is 0.584. The highest BCUT2D eigenvalue weighted by atomic mass is 79.9. The first-order valence-electron chi connectivity index (χ1n) is 6.81. The summed E-state index contributed by atoms with van der Waals surface area (Å²) in [5.41, 5.74) is 2.99. The van der Waals surface area contributed by atoms with Crippen molar-refractivity contribution in [2.45, 2.75) is 33.0 Å². The molecule has 0 N–H and O–H groups in total. The molecular weight excluding hydrogens is 300 g/mol. The van der Waals surface area contributed by atoms with Crippen LogP contribution in [0, 0.1) is 23.2 Å². The number of hydrogen-bond acceptors (Lipinski definition) is 2. The number of benzene rings is 1. The molecule has 0 aliphatic rings. The molecule has 0 aliphatic heterocycles. The zero-order chi connectivity index (χ0) is 14.4. The van der Waals surface area contributed by atoms with E-state index in [1.165, 1.54) is 0 Å². The lowest BCUT2D eigenvalue weighted by atomic mass is 10.1. The number of halogens is 1. The van der Waals surface area contributed by atoms with Crippen molar-refractivity contribution in [2.24, 2.45) is 11.8 Å². The van der Waals surface area contributed by atoms with E-state index in [9.17, 15) is 5.26 Å². The standard InChI is InChI=1S/C16H23BrN2/c1-12(2)10-19(11-13(3)4)16-6-5-14(8-17)7-15(16)9-18/h5-7,12-13H,8,10-11H2,1-4H3. The summed E-state index contributed by atoms with van der Waals surface area (Å²) in [6, 6.07) is 8.50. The summed E-state index contributed by atoms with van der Waals surface area (Å²) in [4.78, 5) is 2.34. The Morgan fingerprint density at radius 2 is 1.74 bits per heavy atom. The van der Waals surface area contributed by atoms with Gasteiger partial charge in [0.05, 0.1) is 11.3 Å². The molecule has 0 fully saturated rings. The van der Waals surface area contributed by atoms with Gasteiger partial charge in [-0.1, -0.05) is 49.7 Å². The Morgan fingerprint density at radius 1 is 1.16 bits per heavy atom. The van der Waals surface area contributed by atoms with Gasteiger partial charge in [-0.2, -0.15) is 5.26 Å². The van der Waals surface area contributed by atoms with Crippen molar-refractivity contribution in [3.8, 4) is 6.07 Å². The predicted octanol–water partition coefficient (Wildman–Crippen LogP) is 4.57. The second kappa shape index (κ2) is 7.55. The molecule has 2 nitrogen and oxygen atoms in total. The van der Waals surface area contributed by atoms with Crippen molar-refractivity contribution in [3.05, 3.63) is 29.3 Å². The summed E-state index contributed by atoms with van der Waals surface area (Å²) in [7, 11) is 0. The van der Waals surface area contributed by atoms with E-state index in [1.54, 1.807) is 0 Å². The lowest BCUT2D eigenvalue weighted by molar-refractivity contribution is 0.552. The lowest BCUT2D eigenvalue weighted by Crippen LogP contribution is -2.31. The molecule has 0 bridgehead atoms. The molecule has 104 valence electrons. The van der Waals surface area contributed by atoms with Crippen LogP contribution >= 0.6 is 15.9 Å². The summed E-state index contributed by atoms with van der Waals surface area (Å²) in [6.45, 7) is 10.8. The molecular formula is C16H23BrN2. The third-order valence-electron chi connectivity index (χ3n) is 2.85. The van der Waals surface area contributed by atoms with E-state index in [2.05, 4.69) is 66.7 Å². The van der Waals surface area contributed by atoms with Gasteiger partial charge in [-0.25, -0.2) is 0 Å². The highest BCUT2D eigenvalue weighted by Gasteiger charge is 2.14. The normalized spacial score (nSPS) is 10.8. The maximum atomic E-state index is 9.36. The molecule has 0 heterocycles. The van der Waals surface area contributed by atoms with E-state index < -0.39 is 0 Å². The first-order chi connectivity index (χ1) is 8.97. The molecule has 19 heavy (non-hydrogen) atoms. The monoisotopic (exact) mass is 322 g/mol. The van der Waals surface area contributed by atoms with Crippen molar-refractivity contribution in [1.82, 2.24) is 0 Å². The molecule has 0 amide bonds. The molecule has 0 saturated heterocycles. The molecule has 0 radical (unpaired) electrons. The summed E-state index contributed by atoms with van der Waals surface area (Å²) < 4.78 is 0. The van der Waals surface area contributed by atoms with Gasteiger partial charge in [-0.3, -0.25) is 0 Å². The van der Waals surface area contributed by atoms with Crippen LogP contribution in [0.3, 0.4) is 0 Å². The maximum absolute atomic E-state index is 9.36. The van der Waals surface area contributed by atoms with Crippen LogP contribution in [-0.4, -0.2) is 13.1 Å². The number of alkyl halides is 1. The smallest absolute Gasteiger partial charge is 0.101 e. The average Bonchev–Trinajstić information content (AvgIpc) is 2.36. The first kappa shape index (κ1) is 16.0. The van der Waals surface area contributed by atoms with Crippen LogP contribution < -0.4 is 4.90 Å². The fourth-order valence-corrected chi connectivity index (χ4v) is 2.53. The van der Waals surface area contributed by atoms with E-state index in [1.807, 2.05) is 6.07 Å². The van der Waals surface area contributed by atoms with Crippen LogP contribution in [0.4, 0.5) is 5.69 Å². The molecule has 0 unspecified atom stereocenters. The fraction of sp³-hybridized carbons (Fsp3) is 0.562. The zero-order valence-corrected chi connectivity index (χ0v) is 13.9. The number of nitriles is 1. The third-order valence-corrected chi connectivity index (χ3v) is 3.49. The summed E-state index contributed by atoms with van der Waals surface area (Å²) in [5, 5.41) is 10.2. The second-order valence-electron chi connectivity index (χ2n) is 5.79. The molecule has 0 aliphatic carbocycles. The minimum atomic E-state index is 0.584. The highest BCUT2D eigenvalue weighted by molar-refractivity contribution is 9.08. The average molecular weight is 323 g/mol. The van der Waals surface area contributed by atoms with Gasteiger partial charge in [0.2, 0.25) is 0 Å². The molecule has 1 rings (SSSR count). The van der Waals surface area contributed by atoms with Gasteiger partial charge in [0, 0.05) is 18.4 Å². The molecule has 0 aromatic heterocycles. The number of nitrogens with zero attached hydrogens (tertiary/aromatic N) is 2. The van der Waals surface area contributed by atoms with Gasteiger partial charge < -0.3 is 4.90 Å². The molecule has 0 saturated carbocycles. The van der Waals surface area contributed by atoms with Crippen LogP contribution in [0.1, 0.15) is 38.8 Å². The van der Waals surface area contributed by atoms with E-state index >= 15 is 0 Å². The second-order valence-corrected chi connectivity index (χ2v) is 6.35. The maximum Gasteiger partial charge on any atom is 0.101 e. The van der Waals surface area contributed by atoms with Crippen molar-refractivity contribution in [3.63, 3.8) is 0 Å². The molecule has 3 heteroatoms. The van der Waals surface area contributed by atoms with Gasteiger partial charge >= 0.3 is 0 Å². The quantitative estimate of drug-likeness (QED) is 0.717. The van der Waals surface area contributed by atoms with Crippen molar-refractivity contribution in [2.75, 3.05) is 18.0 Å². The summed E-state index contributed by atoms with van der Waals surface area (Å²) in [5.74, 6) is 1.17. The molecule has 1 aromatic carbocycles. The predicted molar refractivity (Wildman–Crippen MR) is 85.7 cm³/mol. The van der Waals surface area contributed by atoms with Crippen LogP contribution in [0.15, 0.2) is 18.2 Å². The lowest BCUT2D eigenvalue weighted by Gasteiger charge is -2.29. The Balaban J connectivity index is 3.10. The van der Waals surface area contributed by atoms with Crippen LogP contribution in [0.2, 0.25) is 0 Å². The van der Waals surface area contributed by atoms with Gasteiger partial charge in [0.1, 0.15) is 6.07 Å². The van der Waals surface area contributed by atoms with Crippen molar-refractivity contribution < 1.29 is 0 Å². The van der Waals surface area contributed by atoms with Crippen molar-refractivity contribution >= 4 is 21.6 Å². The van der Waals surface area contributed by atoms with Gasteiger partial charge in [-0.15, -0.1) is 0 Å². The van der Waals surface area contributed by atoms with Crippen LogP contribution in [0.25, 0.3) is 0 Å². The SMILES string of the molecule is CC(C)CN(CC(C)C)c1ccc(CBr)cc1C#N. The van der Waals surface area contributed by atoms with Crippen LogP contribution in [-0.2, 0) is 5.33 Å². The Labute approximate surface area is 125 Å².